The highest BCUT2D eigenvalue weighted by molar-refractivity contribution is 5.79. The fraction of sp³-hybridized carbons (Fsp3) is 0.917. The molecule has 0 aliphatic carbocycles. The van der Waals surface area contributed by atoms with Crippen LogP contribution in [0.5, 0.6) is 0 Å². The molecular weight excluding hydrogens is 242 g/mol. The molecule has 2 aliphatic rings. The molecular formula is C12H20F2N2O2. The molecule has 0 aromatic heterocycles. The average Bonchev–Trinajstić information content (AvgIpc) is 2.73. The highest BCUT2D eigenvalue weighted by atomic mass is 19.3. The molecule has 18 heavy (non-hydrogen) atoms. The first-order valence-electron chi connectivity index (χ1n) is 6.57. The molecule has 0 N–H and O–H groups in total. The van der Waals surface area contributed by atoms with Gasteiger partial charge in [0.1, 0.15) is 0 Å². The minimum Gasteiger partial charge on any atom is -0.377 e. The van der Waals surface area contributed by atoms with Gasteiger partial charge in [0.05, 0.1) is 6.10 Å². The van der Waals surface area contributed by atoms with Crippen LogP contribution in [0.1, 0.15) is 19.3 Å². The Morgan fingerprint density at radius 3 is 2.72 bits per heavy atom. The second-order valence-electron chi connectivity index (χ2n) is 4.92. The van der Waals surface area contributed by atoms with E-state index in [4.69, 9.17) is 4.74 Å². The van der Waals surface area contributed by atoms with Crippen LogP contribution in [-0.2, 0) is 9.53 Å². The summed E-state index contributed by atoms with van der Waals surface area (Å²) in [5, 5.41) is 0. The van der Waals surface area contributed by atoms with E-state index in [1.807, 2.05) is 0 Å². The van der Waals surface area contributed by atoms with Crippen molar-refractivity contribution in [2.75, 3.05) is 39.3 Å². The lowest BCUT2D eigenvalue weighted by atomic mass is 10.2. The van der Waals surface area contributed by atoms with Crippen molar-refractivity contribution in [3.05, 3.63) is 0 Å². The number of halogens is 2. The second kappa shape index (κ2) is 6.43. The molecule has 0 aromatic rings. The van der Waals surface area contributed by atoms with E-state index in [-0.39, 0.29) is 6.10 Å². The van der Waals surface area contributed by atoms with Crippen molar-refractivity contribution in [2.45, 2.75) is 31.8 Å². The molecule has 2 heterocycles. The third-order valence-corrected chi connectivity index (χ3v) is 3.57. The molecule has 0 radical (unpaired) electrons. The molecule has 1 unspecified atom stereocenters. The van der Waals surface area contributed by atoms with Gasteiger partial charge in [0, 0.05) is 32.8 Å². The van der Waals surface area contributed by atoms with Crippen molar-refractivity contribution < 1.29 is 18.3 Å². The van der Waals surface area contributed by atoms with Crippen LogP contribution in [0.3, 0.4) is 0 Å². The maximum absolute atomic E-state index is 12.3. The number of carbonyl (C=O) groups is 1. The van der Waals surface area contributed by atoms with Gasteiger partial charge in [-0.2, -0.15) is 8.78 Å². The van der Waals surface area contributed by atoms with Gasteiger partial charge < -0.3 is 9.64 Å². The molecule has 6 heteroatoms. The monoisotopic (exact) mass is 262 g/mol. The maximum Gasteiger partial charge on any atom is 0.315 e. The average molecular weight is 262 g/mol. The summed E-state index contributed by atoms with van der Waals surface area (Å²) in [5.74, 6) is -1.03. The first-order chi connectivity index (χ1) is 8.66. The van der Waals surface area contributed by atoms with Crippen molar-refractivity contribution >= 4 is 5.91 Å². The first kappa shape index (κ1) is 13.7. The summed E-state index contributed by atoms with van der Waals surface area (Å²) < 4.78 is 30.3. The molecule has 0 spiro atoms. The van der Waals surface area contributed by atoms with Crippen molar-refractivity contribution in [3.63, 3.8) is 0 Å². The minimum atomic E-state index is -2.88. The summed E-state index contributed by atoms with van der Waals surface area (Å²) in [6.07, 6.45) is 0.340. The van der Waals surface area contributed by atoms with Crippen LogP contribution in [0.15, 0.2) is 0 Å². The van der Waals surface area contributed by atoms with Gasteiger partial charge in [0.25, 0.3) is 5.91 Å². The van der Waals surface area contributed by atoms with E-state index in [0.29, 0.717) is 19.6 Å². The molecule has 2 rings (SSSR count). The topological polar surface area (TPSA) is 32.8 Å². The number of carbonyl (C=O) groups excluding carboxylic acids is 1. The van der Waals surface area contributed by atoms with E-state index in [2.05, 4.69) is 4.90 Å². The Bertz CT molecular complexity index is 283. The highest BCUT2D eigenvalue weighted by Crippen LogP contribution is 2.15. The molecule has 2 saturated heterocycles. The second-order valence-corrected chi connectivity index (χ2v) is 4.92. The fourth-order valence-electron chi connectivity index (χ4n) is 2.59. The predicted molar refractivity (Wildman–Crippen MR) is 62.6 cm³/mol. The van der Waals surface area contributed by atoms with Crippen molar-refractivity contribution in [1.29, 1.82) is 0 Å². The Kier molecular flexibility index (Phi) is 4.88. The summed E-state index contributed by atoms with van der Waals surface area (Å²) in [7, 11) is 0. The van der Waals surface area contributed by atoms with Crippen LogP contribution in [0.2, 0.25) is 0 Å². The molecule has 4 nitrogen and oxygen atoms in total. The Hall–Kier alpha value is -0.750. The van der Waals surface area contributed by atoms with Gasteiger partial charge in [-0.1, -0.05) is 0 Å². The Morgan fingerprint density at radius 2 is 2.06 bits per heavy atom. The summed E-state index contributed by atoms with van der Waals surface area (Å²) in [6.45, 7) is 4.04. The van der Waals surface area contributed by atoms with Gasteiger partial charge in [-0.15, -0.1) is 0 Å². The maximum atomic E-state index is 12.3. The van der Waals surface area contributed by atoms with E-state index in [1.54, 1.807) is 0 Å². The third kappa shape index (κ3) is 3.62. The summed E-state index contributed by atoms with van der Waals surface area (Å²) in [6, 6.07) is 0. The van der Waals surface area contributed by atoms with Gasteiger partial charge in [0.15, 0.2) is 0 Å². The number of ether oxygens (including phenoxy) is 1. The van der Waals surface area contributed by atoms with Gasteiger partial charge in [-0.25, -0.2) is 0 Å². The van der Waals surface area contributed by atoms with E-state index in [0.717, 1.165) is 39.0 Å². The van der Waals surface area contributed by atoms with Gasteiger partial charge in [0.2, 0.25) is 0 Å². The molecule has 0 saturated carbocycles. The van der Waals surface area contributed by atoms with Crippen LogP contribution in [0, 0.1) is 0 Å². The zero-order valence-corrected chi connectivity index (χ0v) is 10.5. The van der Waals surface area contributed by atoms with Gasteiger partial charge in [-0.05, 0) is 25.8 Å². The third-order valence-electron chi connectivity index (χ3n) is 3.57. The normalized spacial score (nSPS) is 26.6. The Labute approximate surface area is 106 Å². The molecule has 0 aromatic carbocycles. The van der Waals surface area contributed by atoms with Crippen LogP contribution in [-0.4, -0.2) is 67.6 Å². The molecule has 1 amide bonds. The highest BCUT2D eigenvalue weighted by Gasteiger charge is 2.26. The van der Waals surface area contributed by atoms with E-state index < -0.39 is 12.3 Å². The van der Waals surface area contributed by atoms with Crippen molar-refractivity contribution in [1.82, 2.24) is 9.80 Å². The van der Waals surface area contributed by atoms with E-state index in [9.17, 15) is 13.6 Å². The lowest BCUT2D eigenvalue weighted by Gasteiger charge is -2.23. The van der Waals surface area contributed by atoms with Crippen LogP contribution in [0.25, 0.3) is 0 Å². The van der Waals surface area contributed by atoms with E-state index in [1.165, 1.54) is 4.90 Å². The zero-order valence-electron chi connectivity index (χ0n) is 10.5. The first-order valence-corrected chi connectivity index (χ1v) is 6.57. The largest absolute Gasteiger partial charge is 0.377 e. The molecule has 104 valence electrons. The minimum absolute atomic E-state index is 0.280. The smallest absolute Gasteiger partial charge is 0.315 e. The van der Waals surface area contributed by atoms with Crippen LogP contribution < -0.4 is 0 Å². The molecule has 0 bridgehead atoms. The quantitative estimate of drug-likeness (QED) is 0.759. The molecule has 2 fully saturated rings. The van der Waals surface area contributed by atoms with Crippen molar-refractivity contribution in [2.24, 2.45) is 0 Å². The standard InChI is InChI=1S/C12H20F2N2O2/c13-11(14)12(17)16-5-2-4-15(6-7-16)9-10-3-1-8-18-10/h10-11H,1-9H2. The van der Waals surface area contributed by atoms with Gasteiger partial charge >= 0.3 is 6.43 Å². The summed E-state index contributed by atoms with van der Waals surface area (Å²) in [5.41, 5.74) is 0. The van der Waals surface area contributed by atoms with Crippen molar-refractivity contribution in [3.8, 4) is 0 Å². The number of rotatable bonds is 3. The number of nitrogens with zero attached hydrogens (tertiary/aromatic N) is 2. The summed E-state index contributed by atoms with van der Waals surface area (Å²) in [4.78, 5) is 14.7. The van der Waals surface area contributed by atoms with Crippen LogP contribution in [0.4, 0.5) is 8.78 Å². The number of amides is 1. The summed E-state index contributed by atoms with van der Waals surface area (Å²) >= 11 is 0. The van der Waals surface area contributed by atoms with E-state index >= 15 is 0 Å². The van der Waals surface area contributed by atoms with Crippen LogP contribution >= 0.6 is 0 Å². The number of hydrogen-bond acceptors (Lipinski definition) is 3. The molecule has 1 atom stereocenters. The lowest BCUT2D eigenvalue weighted by Crippen LogP contribution is -2.39. The Balaban J connectivity index is 1.78. The SMILES string of the molecule is O=C(C(F)F)N1CCCN(CC2CCCO2)CC1. The number of hydrogen-bond donors (Lipinski definition) is 0. The number of alkyl halides is 2. The van der Waals surface area contributed by atoms with Gasteiger partial charge in [-0.3, -0.25) is 9.69 Å². The fourth-order valence-corrected chi connectivity index (χ4v) is 2.59. The predicted octanol–water partition coefficient (Wildman–Crippen LogP) is 0.965. The molecule has 2 aliphatic heterocycles. The lowest BCUT2D eigenvalue weighted by molar-refractivity contribution is -0.142. The Morgan fingerprint density at radius 1 is 1.22 bits per heavy atom. The zero-order chi connectivity index (χ0) is 13.0.